The fourth-order valence-corrected chi connectivity index (χ4v) is 1.89. The Hall–Kier alpha value is -2.93. The molecule has 7 nitrogen and oxygen atoms in total. The van der Waals surface area contributed by atoms with Crippen LogP contribution in [0.1, 0.15) is 6.92 Å². The summed E-state index contributed by atoms with van der Waals surface area (Å²) in [5.41, 5.74) is 7.50. The van der Waals surface area contributed by atoms with Crippen molar-refractivity contribution in [1.82, 2.24) is 5.32 Å². The Morgan fingerprint density at radius 2 is 2.00 bits per heavy atom. The number of amides is 1. The number of carbonyl (C=O) groups is 2. The minimum Gasteiger partial charge on any atom is -0.487 e. The van der Waals surface area contributed by atoms with Crippen molar-refractivity contribution in [3.8, 4) is 0 Å². The first-order valence-corrected chi connectivity index (χ1v) is 6.93. The van der Waals surface area contributed by atoms with Crippen LogP contribution in [0.3, 0.4) is 0 Å². The average molecular weight is 315 g/mol. The number of aliphatic imine (C=N–C) groups is 1. The first kappa shape index (κ1) is 16.4. The third-order valence-corrected chi connectivity index (χ3v) is 2.86. The molecule has 1 aromatic rings. The lowest BCUT2D eigenvalue weighted by atomic mass is 10.1. The van der Waals surface area contributed by atoms with E-state index in [1.54, 1.807) is 24.3 Å². The standard InChI is InChI=1S/C16H17N3O4/c1-10(21)18-13-8-15(22)16(23-7-6-20)9-14(13)19-12-4-2-11(17)3-5-12/h2-5,8-9,20H,6-7,17H2,1H3,(H,18,21). The highest BCUT2D eigenvalue weighted by Gasteiger charge is 2.21. The van der Waals surface area contributed by atoms with Gasteiger partial charge in [-0.1, -0.05) is 0 Å². The van der Waals surface area contributed by atoms with Gasteiger partial charge < -0.3 is 20.9 Å². The van der Waals surface area contributed by atoms with Crippen LogP contribution in [0.5, 0.6) is 0 Å². The summed E-state index contributed by atoms with van der Waals surface area (Å²) in [5.74, 6) is -0.664. The van der Waals surface area contributed by atoms with Gasteiger partial charge in [0.1, 0.15) is 6.61 Å². The Bertz CT molecular complexity index is 703. The van der Waals surface area contributed by atoms with Crippen molar-refractivity contribution < 1.29 is 19.4 Å². The van der Waals surface area contributed by atoms with E-state index in [0.29, 0.717) is 17.1 Å². The first-order valence-electron chi connectivity index (χ1n) is 6.93. The molecule has 0 spiro atoms. The number of rotatable bonds is 5. The highest BCUT2D eigenvalue weighted by atomic mass is 16.5. The Morgan fingerprint density at radius 3 is 2.61 bits per heavy atom. The van der Waals surface area contributed by atoms with Crippen LogP contribution in [0.15, 0.2) is 52.9 Å². The molecule has 1 aliphatic carbocycles. The van der Waals surface area contributed by atoms with Crippen LogP contribution in [0, 0.1) is 0 Å². The number of aliphatic hydroxyl groups excluding tert-OH is 1. The molecule has 0 aromatic heterocycles. The average Bonchev–Trinajstić information content (AvgIpc) is 2.50. The number of nitrogens with one attached hydrogen (secondary N) is 1. The SMILES string of the molecule is CC(=O)NC1=CC(=O)C(OCCO)=CC1=Nc1ccc(N)cc1. The number of anilines is 1. The van der Waals surface area contributed by atoms with Crippen LogP contribution in [-0.4, -0.2) is 35.7 Å². The van der Waals surface area contributed by atoms with E-state index in [2.05, 4.69) is 10.3 Å². The van der Waals surface area contributed by atoms with E-state index in [-0.39, 0.29) is 30.6 Å². The van der Waals surface area contributed by atoms with Gasteiger partial charge >= 0.3 is 0 Å². The second-order valence-corrected chi connectivity index (χ2v) is 4.77. The van der Waals surface area contributed by atoms with Crippen molar-refractivity contribution in [3.63, 3.8) is 0 Å². The van der Waals surface area contributed by atoms with Crippen LogP contribution in [0.25, 0.3) is 0 Å². The third-order valence-electron chi connectivity index (χ3n) is 2.86. The molecule has 0 bridgehead atoms. The molecule has 1 aromatic carbocycles. The molecule has 4 N–H and O–H groups in total. The lowest BCUT2D eigenvalue weighted by Gasteiger charge is -2.16. The van der Waals surface area contributed by atoms with Gasteiger partial charge in [0.25, 0.3) is 0 Å². The number of nitrogen functional groups attached to an aromatic ring is 1. The Labute approximate surface area is 133 Å². The number of hydrogen-bond acceptors (Lipinski definition) is 6. The molecule has 0 radical (unpaired) electrons. The number of hydrogen-bond donors (Lipinski definition) is 3. The van der Waals surface area contributed by atoms with Gasteiger partial charge in [-0.2, -0.15) is 0 Å². The molecule has 0 aliphatic heterocycles. The van der Waals surface area contributed by atoms with Gasteiger partial charge in [-0.15, -0.1) is 0 Å². The molecule has 0 unspecified atom stereocenters. The number of ketones is 1. The summed E-state index contributed by atoms with van der Waals surface area (Å²) < 4.78 is 5.19. The number of benzene rings is 1. The highest BCUT2D eigenvalue weighted by molar-refractivity contribution is 6.22. The molecule has 1 amide bonds. The molecule has 0 saturated carbocycles. The van der Waals surface area contributed by atoms with Crippen LogP contribution in [0.2, 0.25) is 0 Å². The van der Waals surface area contributed by atoms with E-state index in [1.165, 1.54) is 19.1 Å². The van der Waals surface area contributed by atoms with Crippen molar-refractivity contribution in [1.29, 1.82) is 0 Å². The molecule has 2 rings (SSSR count). The second-order valence-electron chi connectivity index (χ2n) is 4.77. The van der Waals surface area contributed by atoms with Gasteiger partial charge in [0, 0.05) is 24.8 Å². The fraction of sp³-hybridized carbons (Fsp3) is 0.188. The lowest BCUT2D eigenvalue weighted by Crippen LogP contribution is -2.28. The van der Waals surface area contributed by atoms with E-state index in [9.17, 15) is 9.59 Å². The van der Waals surface area contributed by atoms with E-state index in [1.807, 2.05) is 0 Å². The van der Waals surface area contributed by atoms with E-state index in [4.69, 9.17) is 15.6 Å². The molecule has 7 heteroatoms. The zero-order valence-electron chi connectivity index (χ0n) is 12.6. The minimum atomic E-state index is -0.404. The van der Waals surface area contributed by atoms with Crippen LogP contribution in [-0.2, 0) is 14.3 Å². The van der Waals surface area contributed by atoms with E-state index < -0.39 is 5.78 Å². The maximum absolute atomic E-state index is 12.0. The van der Waals surface area contributed by atoms with Crippen molar-refractivity contribution in [2.75, 3.05) is 18.9 Å². The molecule has 23 heavy (non-hydrogen) atoms. The summed E-state index contributed by atoms with van der Waals surface area (Å²) in [7, 11) is 0. The van der Waals surface area contributed by atoms with Crippen molar-refractivity contribution in [2.24, 2.45) is 4.99 Å². The van der Waals surface area contributed by atoms with Gasteiger partial charge in [0.05, 0.1) is 23.7 Å². The molecule has 1 aliphatic rings. The number of nitrogens with two attached hydrogens (primary N) is 1. The number of aliphatic hydroxyl groups is 1. The molecule has 120 valence electrons. The molecule has 0 atom stereocenters. The highest BCUT2D eigenvalue weighted by Crippen LogP contribution is 2.19. The maximum Gasteiger partial charge on any atom is 0.222 e. The van der Waals surface area contributed by atoms with Crippen LogP contribution in [0.4, 0.5) is 11.4 Å². The van der Waals surface area contributed by atoms with Crippen molar-refractivity contribution in [2.45, 2.75) is 6.92 Å². The zero-order valence-corrected chi connectivity index (χ0v) is 12.6. The summed E-state index contributed by atoms with van der Waals surface area (Å²) >= 11 is 0. The smallest absolute Gasteiger partial charge is 0.222 e. The molecular weight excluding hydrogens is 298 g/mol. The first-order chi connectivity index (χ1) is 11.0. The van der Waals surface area contributed by atoms with Gasteiger partial charge in [0.2, 0.25) is 11.7 Å². The number of allylic oxidation sites excluding steroid dienone is 2. The second kappa shape index (κ2) is 7.37. The van der Waals surface area contributed by atoms with Gasteiger partial charge in [0.15, 0.2) is 5.76 Å². The largest absolute Gasteiger partial charge is 0.487 e. The normalized spacial score (nSPS) is 15.9. The summed E-state index contributed by atoms with van der Waals surface area (Å²) in [5, 5.41) is 11.4. The topological polar surface area (TPSA) is 114 Å². The quantitative estimate of drug-likeness (QED) is 0.550. The third kappa shape index (κ3) is 4.52. The Kier molecular flexibility index (Phi) is 5.27. The maximum atomic E-state index is 12.0. The van der Waals surface area contributed by atoms with E-state index in [0.717, 1.165) is 0 Å². The van der Waals surface area contributed by atoms with E-state index >= 15 is 0 Å². The summed E-state index contributed by atoms with van der Waals surface area (Å²) in [6.45, 7) is 1.13. The number of ether oxygens (including phenoxy) is 1. The predicted molar refractivity (Wildman–Crippen MR) is 86.0 cm³/mol. The zero-order chi connectivity index (χ0) is 16.8. The van der Waals surface area contributed by atoms with Gasteiger partial charge in [-0.3, -0.25) is 9.59 Å². The van der Waals surface area contributed by atoms with Crippen LogP contribution >= 0.6 is 0 Å². The lowest BCUT2D eigenvalue weighted by molar-refractivity contribution is -0.118. The van der Waals surface area contributed by atoms with Crippen LogP contribution < -0.4 is 11.1 Å². The number of carbonyl (C=O) groups excluding carboxylic acids is 2. The predicted octanol–water partition coefficient (Wildman–Crippen LogP) is 0.837. The molecule has 0 saturated heterocycles. The van der Waals surface area contributed by atoms with Crippen molar-refractivity contribution >= 4 is 28.8 Å². The van der Waals surface area contributed by atoms with Crippen molar-refractivity contribution in [3.05, 3.63) is 47.9 Å². The Morgan fingerprint density at radius 1 is 1.30 bits per heavy atom. The molecule has 0 fully saturated rings. The van der Waals surface area contributed by atoms with Gasteiger partial charge in [-0.05, 0) is 24.3 Å². The number of nitrogens with zero attached hydrogens (tertiary/aromatic N) is 1. The van der Waals surface area contributed by atoms with Gasteiger partial charge in [-0.25, -0.2) is 4.99 Å². The summed E-state index contributed by atoms with van der Waals surface area (Å²) in [6, 6.07) is 6.82. The monoisotopic (exact) mass is 315 g/mol. The minimum absolute atomic E-state index is 0.00393. The summed E-state index contributed by atoms with van der Waals surface area (Å²) in [6.07, 6.45) is 2.67. The Balaban J connectivity index is 2.37. The molecular formula is C16H17N3O4. The fourth-order valence-electron chi connectivity index (χ4n) is 1.89. The summed E-state index contributed by atoms with van der Waals surface area (Å²) in [4.78, 5) is 27.6. The molecule has 0 heterocycles.